The number of likely N-dealkylation sites (N-methyl/N-ethyl adjacent to an activating group) is 1. The zero-order valence-electron chi connectivity index (χ0n) is 17.1. The van der Waals surface area contributed by atoms with Crippen LogP contribution in [0.2, 0.25) is 5.02 Å². The number of halogens is 2. The van der Waals surface area contributed by atoms with Gasteiger partial charge in [0.25, 0.3) is 0 Å². The van der Waals surface area contributed by atoms with Gasteiger partial charge in [-0.3, -0.25) is 4.90 Å². The first kappa shape index (κ1) is 22.6. The SMILES string of the molecule is C#CCN(C)CC(O)COc1cc2ncnc(Nc3ccc(Cl)cc3F)c2cc1OC. The van der Waals surface area contributed by atoms with Gasteiger partial charge in [-0.2, -0.15) is 0 Å². The summed E-state index contributed by atoms with van der Waals surface area (Å²) >= 11 is 5.81. The highest BCUT2D eigenvalue weighted by atomic mass is 35.5. The first-order chi connectivity index (χ1) is 14.9. The molecule has 1 unspecified atom stereocenters. The van der Waals surface area contributed by atoms with E-state index < -0.39 is 11.9 Å². The molecule has 0 aliphatic carbocycles. The molecule has 162 valence electrons. The Morgan fingerprint density at radius 1 is 1.29 bits per heavy atom. The van der Waals surface area contributed by atoms with Crippen LogP contribution in [0.1, 0.15) is 0 Å². The zero-order valence-corrected chi connectivity index (χ0v) is 17.9. The summed E-state index contributed by atoms with van der Waals surface area (Å²) in [6.07, 6.45) is 5.89. The van der Waals surface area contributed by atoms with Crippen molar-refractivity contribution in [3.05, 3.63) is 47.5 Å². The van der Waals surface area contributed by atoms with Crippen LogP contribution in [0.4, 0.5) is 15.9 Å². The number of terminal acetylenes is 1. The lowest BCUT2D eigenvalue weighted by Crippen LogP contribution is -2.33. The van der Waals surface area contributed by atoms with Crippen molar-refractivity contribution in [2.45, 2.75) is 6.10 Å². The second kappa shape index (κ2) is 10.3. The van der Waals surface area contributed by atoms with Crippen LogP contribution in [0.3, 0.4) is 0 Å². The number of aliphatic hydroxyl groups is 1. The second-order valence-corrected chi connectivity index (χ2v) is 7.29. The number of anilines is 2. The van der Waals surface area contributed by atoms with Crippen LogP contribution < -0.4 is 14.8 Å². The largest absolute Gasteiger partial charge is 0.493 e. The lowest BCUT2D eigenvalue weighted by Gasteiger charge is -2.19. The van der Waals surface area contributed by atoms with E-state index in [1.54, 1.807) is 18.2 Å². The molecule has 0 spiro atoms. The summed E-state index contributed by atoms with van der Waals surface area (Å²) in [6.45, 7) is 0.837. The van der Waals surface area contributed by atoms with Crippen molar-refractivity contribution in [3.8, 4) is 23.8 Å². The predicted octanol–water partition coefficient (Wildman–Crippen LogP) is 3.48. The van der Waals surface area contributed by atoms with Crippen LogP contribution in [0, 0.1) is 18.2 Å². The van der Waals surface area contributed by atoms with Crippen LogP contribution in [-0.2, 0) is 0 Å². The number of hydrogen-bond donors (Lipinski definition) is 2. The molecular formula is C22H22ClFN4O3. The summed E-state index contributed by atoms with van der Waals surface area (Å²) in [6, 6.07) is 7.69. The predicted molar refractivity (Wildman–Crippen MR) is 119 cm³/mol. The molecule has 0 fully saturated rings. The molecule has 3 rings (SSSR count). The number of methoxy groups -OCH3 is 1. The van der Waals surface area contributed by atoms with Crippen LogP contribution in [0.25, 0.3) is 10.9 Å². The molecule has 0 saturated carbocycles. The number of rotatable bonds is 9. The van der Waals surface area contributed by atoms with Crippen molar-refractivity contribution in [1.82, 2.24) is 14.9 Å². The molecule has 3 aromatic rings. The Bertz CT molecular complexity index is 1110. The van der Waals surface area contributed by atoms with Crippen LogP contribution in [0.15, 0.2) is 36.7 Å². The number of nitrogens with one attached hydrogen (secondary N) is 1. The molecule has 31 heavy (non-hydrogen) atoms. The fourth-order valence-electron chi connectivity index (χ4n) is 2.97. The molecule has 0 saturated heterocycles. The van der Waals surface area contributed by atoms with Crippen molar-refractivity contribution < 1.29 is 19.0 Å². The normalized spacial score (nSPS) is 11.9. The quantitative estimate of drug-likeness (QED) is 0.489. The van der Waals surface area contributed by atoms with E-state index in [4.69, 9.17) is 27.5 Å². The van der Waals surface area contributed by atoms with Gasteiger partial charge in [0.2, 0.25) is 0 Å². The number of ether oxygens (including phenoxy) is 2. The summed E-state index contributed by atoms with van der Waals surface area (Å²) in [4.78, 5) is 10.3. The van der Waals surface area contributed by atoms with Gasteiger partial charge >= 0.3 is 0 Å². The van der Waals surface area contributed by atoms with E-state index in [0.717, 1.165) is 0 Å². The Kier molecular flexibility index (Phi) is 7.47. The van der Waals surface area contributed by atoms with Gasteiger partial charge in [-0.1, -0.05) is 17.5 Å². The zero-order chi connectivity index (χ0) is 22.4. The third-order valence-electron chi connectivity index (χ3n) is 4.42. The van der Waals surface area contributed by atoms with Gasteiger partial charge in [0.1, 0.15) is 30.7 Å². The van der Waals surface area contributed by atoms with Crippen molar-refractivity contribution in [2.75, 3.05) is 39.2 Å². The lowest BCUT2D eigenvalue weighted by atomic mass is 10.2. The Hall–Kier alpha value is -3.12. The molecular weight excluding hydrogens is 423 g/mol. The maximum absolute atomic E-state index is 14.2. The Balaban J connectivity index is 1.83. The number of hydrogen-bond acceptors (Lipinski definition) is 7. The summed E-state index contributed by atoms with van der Waals surface area (Å²) in [5, 5.41) is 14.0. The van der Waals surface area contributed by atoms with Gasteiger partial charge in [-0.05, 0) is 31.3 Å². The Labute approximate surface area is 184 Å². The third-order valence-corrected chi connectivity index (χ3v) is 4.65. The maximum Gasteiger partial charge on any atom is 0.163 e. The number of aromatic nitrogens is 2. The van der Waals surface area contributed by atoms with Gasteiger partial charge in [0, 0.05) is 23.0 Å². The number of aliphatic hydroxyl groups excluding tert-OH is 1. The average Bonchev–Trinajstić information content (AvgIpc) is 2.73. The highest BCUT2D eigenvalue weighted by Crippen LogP contribution is 2.35. The molecule has 1 heterocycles. The first-order valence-electron chi connectivity index (χ1n) is 9.39. The van der Waals surface area contributed by atoms with E-state index in [1.807, 2.05) is 11.9 Å². The molecule has 9 heteroatoms. The van der Waals surface area contributed by atoms with E-state index in [9.17, 15) is 9.50 Å². The van der Waals surface area contributed by atoms with Crippen molar-refractivity contribution in [1.29, 1.82) is 0 Å². The van der Waals surface area contributed by atoms with E-state index in [1.165, 1.54) is 25.6 Å². The summed E-state index contributed by atoms with van der Waals surface area (Å²) in [7, 11) is 3.32. The standard InChI is InChI=1S/C22H22ClFN4O3/c1-4-7-28(2)11-15(29)12-31-21-10-19-16(9-20(21)30-3)22(26-13-25-19)27-18-6-5-14(23)8-17(18)24/h1,5-6,8-10,13,15,29H,7,11-12H2,2-3H3,(H,25,26,27). The molecule has 0 radical (unpaired) electrons. The Morgan fingerprint density at radius 3 is 2.81 bits per heavy atom. The van der Waals surface area contributed by atoms with Crippen molar-refractivity contribution in [2.24, 2.45) is 0 Å². The molecule has 1 aromatic heterocycles. The highest BCUT2D eigenvalue weighted by molar-refractivity contribution is 6.30. The smallest absolute Gasteiger partial charge is 0.163 e. The monoisotopic (exact) mass is 444 g/mol. The lowest BCUT2D eigenvalue weighted by molar-refractivity contribution is 0.0788. The minimum absolute atomic E-state index is 0.0446. The number of nitrogens with zero attached hydrogens (tertiary/aromatic N) is 3. The van der Waals surface area contributed by atoms with Crippen LogP contribution in [0.5, 0.6) is 11.5 Å². The minimum atomic E-state index is -0.741. The third kappa shape index (κ3) is 5.73. The number of fused-ring (bicyclic) bond motifs is 1. The van der Waals surface area contributed by atoms with Gasteiger partial charge in [-0.15, -0.1) is 6.42 Å². The summed E-state index contributed by atoms with van der Waals surface area (Å²) < 4.78 is 25.4. The molecule has 7 nitrogen and oxygen atoms in total. The van der Waals surface area contributed by atoms with Gasteiger partial charge in [0.15, 0.2) is 11.5 Å². The van der Waals surface area contributed by atoms with E-state index in [2.05, 4.69) is 21.2 Å². The second-order valence-electron chi connectivity index (χ2n) is 6.86. The molecule has 1 atom stereocenters. The van der Waals surface area contributed by atoms with Gasteiger partial charge < -0.3 is 19.9 Å². The topological polar surface area (TPSA) is 79.7 Å². The molecule has 2 aromatic carbocycles. The fraction of sp³-hybridized carbons (Fsp3) is 0.273. The molecule has 0 aliphatic heterocycles. The summed E-state index contributed by atoms with van der Waals surface area (Å²) in [5.41, 5.74) is 0.782. The molecule has 2 N–H and O–H groups in total. The van der Waals surface area contributed by atoms with E-state index >= 15 is 0 Å². The molecule has 0 bridgehead atoms. The van der Waals surface area contributed by atoms with Crippen LogP contribution >= 0.6 is 11.6 Å². The van der Waals surface area contributed by atoms with E-state index in [0.29, 0.717) is 46.3 Å². The van der Waals surface area contributed by atoms with Gasteiger partial charge in [-0.25, -0.2) is 14.4 Å². The minimum Gasteiger partial charge on any atom is -0.493 e. The average molecular weight is 445 g/mol. The van der Waals surface area contributed by atoms with E-state index in [-0.39, 0.29) is 12.3 Å². The molecule has 0 aliphatic rings. The molecule has 0 amide bonds. The maximum atomic E-state index is 14.2. The summed E-state index contributed by atoms with van der Waals surface area (Å²) in [5.74, 6) is 3.24. The number of benzene rings is 2. The van der Waals surface area contributed by atoms with Crippen molar-refractivity contribution in [3.63, 3.8) is 0 Å². The highest BCUT2D eigenvalue weighted by Gasteiger charge is 2.15. The van der Waals surface area contributed by atoms with Crippen molar-refractivity contribution >= 4 is 34.0 Å². The van der Waals surface area contributed by atoms with Gasteiger partial charge in [0.05, 0.1) is 24.9 Å². The fourth-order valence-corrected chi connectivity index (χ4v) is 3.13. The Morgan fingerprint density at radius 2 is 2.10 bits per heavy atom. The van der Waals surface area contributed by atoms with Crippen LogP contribution in [-0.4, -0.2) is 59.9 Å². The first-order valence-corrected chi connectivity index (χ1v) is 9.76.